The molecule has 3 rings (SSSR count). The maximum atomic E-state index is 13.4. The molecule has 0 saturated heterocycles. The fraction of sp³-hybridized carbons (Fsp3) is 0.429. The highest BCUT2D eigenvalue weighted by molar-refractivity contribution is 5.30. The van der Waals surface area contributed by atoms with Gasteiger partial charge in [0.15, 0.2) is 0 Å². The van der Waals surface area contributed by atoms with Crippen LogP contribution in [-0.2, 0) is 25.7 Å². The van der Waals surface area contributed by atoms with Crippen molar-refractivity contribution in [2.75, 3.05) is 0 Å². The molecule has 1 aliphatic carbocycles. The summed E-state index contributed by atoms with van der Waals surface area (Å²) in [7, 11) is 0. The predicted octanol–water partition coefficient (Wildman–Crippen LogP) is 5.52. The number of rotatable bonds is 5. The lowest BCUT2D eigenvalue weighted by Gasteiger charge is -2.24. The lowest BCUT2D eigenvalue weighted by molar-refractivity contribution is 0.425. The topological polar surface area (TPSA) is 0 Å². The second-order valence-corrected chi connectivity index (χ2v) is 6.63. The zero-order chi connectivity index (χ0) is 15.4. The average Bonchev–Trinajstić information content (AvgIpc) is 2.54. The number of hydrogen-bond acceptors (Lipinski definition) is 0. The fourth-order valence-electron chi connectivity index (χ4n) is 3.58. The van der Waals surface area contributed by atoms with Crippen molar-refractivity contribution < 1.29 is 4.39 Å². The summed E-state index contributed by atoms with van der Waals surface area (Å²) in [5, 5.41) is 0. The predicted molar refractivity (Wildman–Crippen MR) is 90.7 cm³/mol. The van der Waals surface area contributed by atoms with E-state index in [-0.39, 0.29) is 5.82 Å². The molecular weight excluding hydrogens is 271 g/mol. The quantitative estimate of drug-likeness (QED) is 0.682. The summed E-state index contributed by atoms with van der Waals surface area (Å²) in [5.74, 6) is 0.607. The molecule has 0 aromatic heterocycles. The lowest BCUT2D eigenvalue weighted by atomic mass is 9.81. The van der Waals surface area contributed by atoms with Gasteiger partial charge in [0.05, 0.1) is 0 Å². The molecule has 0 heterocycles. The third-order valence-corrected chi connectivity index (χ3v) is 4.90. The Morgan fingerprint density at radius 3 is 2.41 bits per heavy atom. The van der Waals surface area contributed by atoms with E-state index in [1.54, 1.807) is 12.1 Å². The summed E-state index contributed by atoms with van der Waals surface area (Å²) >= 11 is 0. The monoisotopic (exact) mass is 296 g/mol. The molecule has 116 valence electrons. The van der Waals surface area contributed by atoms with E-state index in [1.807, 2.05) is 6.07 Å². The van der Waals surface area contributed by atoms with Gasteiger partial charge in [-0.25, -0.2) is 4.39 Å². The third-order valence-electron chi connectivity index (χ3n) is 4.90. The summed E-state index contributed by atoms with van der Waals surface area (Å²) in [4.78, 5) is 0. The van der Waals surface area contributed by atoms with Crippen LogP contribution in [0.15, 0.2) is 42.5 Å². The van der Waals surface area contributed by atoms with E-state index in [0.29, 0.717) is 5.92 Å². The molecule has 0 bridgehead atoms. The summed E-state index contributed by atoms with van der Waals surface area (Å²) in [6.07, 6.45) is 8.12. The molecule has 0 radical (unpaired) electrons. The average molecular weight is 296 g/mol. The van der Waals surface area contributed by atoms with Crippen LogP contribution in [0.4, 0.5) is 4.39 Å². The van der Waals surface area contributed by atoms with Crippen LogP contribution in [0.3, 0.4) is 0 Å². The van der Waals surface area contributed by atoms with Gasteiger partial charge in [-0.2, -0.15) is 0 Å². The van der Waals surface area contributed by atoms with Gasteiger partial charge in [-0.15, -0.1) is 0 Å². The first-order valence-corrected chi connectivity index (χ1v) is 8.59. The van der Waals surface area contributed by atoms with Gasteiger partial charge in [0.2, 0.25) is 0 Å². The largest absolute Gasteiger partial charge is 0.207 e. The first kappa shape index (κ1) is 15.3. The molecule has 2 aromatic carbocycles. The Hall–Kier alpha value is -1.63. The summed E-state index contributed by atoms with van der Waals surface area (Å²) in [5.41, 5.74) is 5.45. The molecule has 0 aliphatic heterocycles. The third kappa shape index (κ3) is 3.76. The van der Waals surface area contributed by atoms with Gasteiger partial charge in [0.25, 0.3) is 0 Å². The van der Waals surface area contributed by atoms with Crippen molar-refractivity contribution in [2.24, 2.45) is 5.92 Å². The molecule has 2 aromatic rings. The lowest BCUT2D eigenvalue weighted by Crippen LogP contribution is -2.15. The van der Waals surface area contributed by atoms with Crippen molar-refractivity contribution in [3.63, 3.8) is 0 Å². The zero-order valence-electron chi connectivity index (χ0n) is 13.4. The van der Waals surface area contributed by atoms with E-state index in [1.165, 1.54) is 47.9 Å². The molecular formula is C21H25F. The first-order valence-electron chi connectivity index (χ1n) is 8.59. The highest BCUT2D eigenvalue weighted by atomic mass is 19.1. The SMILES string of the molecule is CCCc1ccc(CCC2CCc3ccc(F)cc3C2)cc1. The molecule has 1 atom stereocenters. The van der Waals surface area contributed by atoms with Crippen molar-refractivity contribution in [3.05, 3.63) is 70.5 Å². The van der Waals surface area contributed by atoms with Crippen LogP contribution >= 0.6 is 0 Å². The molecule has 22 heavy (non-hydrogen) atoms. The molecule has 0 spiro atoms. The van der Waals surface area contributed by atoms with Crippen LogP contribution in [0.5, 0.6) is 0 Å². The van der Waals surface area contributed by atoms with E-state index in [4.69, 9.17) is 0 Å². The molecule has 1 heteroatoms. The normalized spacial score (nSPS) is 17.3. The Bertz CT molecular complexity index is 612. The second kappa shape index (κ2) is 7.09. The van der Waals surface area contributed by atoms with Gasteiger partial charge in [-0.1, -0.05) is 43.7 Å². The van der Waals surface area contributed by atoms with E-state index in [9.17, 15) is 4.39 Å². The Balaban J connectivity index is 1.56. The number of halogens is 1. The van der Waals surface area contributed by atoms with E-state index < -0.39 is 0 Å². The van der Waals surface area contributed by atoms with E-state index in [0.717, 1.165) is 19.3 Å². The van der Waals surface area contributed by atoms with E-state index in [2.05, 4.69) is 31.2 Å². The summed E-state index contributed by atoms with van der Waals surface area (Å²) in [6.45, 7) is 2.22. The van der Waals surface area contributed by atoms with E-state index >= 15 is 0 Å². The van der Waals surface area contributed by atoms with Gasteiger partial charge in [-0.3, -0.25) is 0 Å². The Morgan fingerprint density at radius 2 is 1.68 bits per heavy atom. The minimum Gasteiger partial charge on any atom is -0.207 e. The summed E-state index contributed by atoms with van der Waals surface area (Å²) in [6, 6.07) is 14.4. The van der Waals surface area contributed by atoms with Crippen LogP contribution in [0.25, 0.3) is 0 Å². The first-order chi connectivity index (χ1) is 10.7. The van der Waals surface area contributed by atoms with Crippen molar-refractivity contribution in [1.29, 1.82) is 0 Å². The summed E-state index contributed by atoms with van der Waals surface area (Å²) < 4.78 is 13.4. The van der Waals surface area contributed by atoms with Gasteiger partial charge in [-0.05, 0) is 78.8 Å². The standard InChI is InChI=1S/C21H25F/c1-2-3-16-4-6-17(7-5-16)8-9-18-10-11-19-12-13-21(22)15-20(19)14-18/h4-7,12-13,15,18H,2-3,8-11,14H2,1H3. The fourth-order valence-corrected chi connectivity index (χ4v) is 3.58. The molecule has 1 unspecified atom stereocenters. The van der Waals surface area contributed by atoms with Crippen molar-refractivity contribution in [1.82, 2.24) is 0 Å². The minimum absolute atomic E-state index is 0.0917. The highest BCUT2D eigenvalue weighted by Crippen LogP contribution is 2.29. The maximum absolute atomic E-state index is 13.4. The second-order valence-electron chi connectivity index (χ2n) is 6.63. The van der Waals surface area contributed by atoms with Crippen LogP contribution < -0.4 is 0 Å². The zero-order valence-corrected chi connectivity index (χ0v) is 13.4. The maximum Gasteiger partial charge on any atom is 0.123 e. The van der Waals surface area contributed by atoms with Gasteiger partial charge >= 0.3 is 0 Å². The number of hydrogen-bond donors (Lipinski definition) is 0. The van der Waals surface area contributed by atoms with Crippen LogP contribution in [-0.4, -0.2) is 0 Å². The van der Waals surface area contributed by atoms with Gasteiger partial charge < -0.3 is 0 Å². The molecule has 0 fully saturated rings. The van der Waals surface area contributed by atoms with Crippen LogP contribution in [0.2, 0.25) is 0 Å². The molecule has 0 saturated carbocycles. The Kier molecular flexibility index (Phi) is 4.92. The smallest absolute Gasteiger partial charge is 0.123 e. The number of aryl methyl sites for hydroxylation is 3. The molecule has 0 nitrogen and oxygen atoms in total. The Morgan fingerprint density at radius 1 is 0.955 bits per heavy atom. The van der Waals surface area contributed by atoms with Crippen molar-refractivity contribution in [2.45, 2.75) is 51.9 Å². The number of fused-ring (bicyclic) bond motifs is 1. The van der Waals surface area contributed by atoms with Crippen LogP contribution in [0.1, 0.15) is 48.4 Å². The molecule has 0 N–H and O–H groups in total. The van der Waals surface area contributed by atoms with Gasteiger partial charge in [0.1, 0.15) is 5.82 Å². The number of benzene rings is 2. The molecule has 0 amide bonds. The minimum atomic E-state index is -0.0917. The van der Waals surface area contributed by atoms with Gasteiger partial charge in [0, 0.05) is 0 Å². The van der Waals surface area contributed by atoms with Crippen molar-refractivity contribution >= 4 is 0 Å². The highest BCUT2D eigenvalue weighted by Gasteiger charge is 2.18. The van der Waals surface area contributed by atoms with Crippen LogP contribution in [0, 0.1) is 11.7 Å². The Labute approximate surface area is 133 Å². The van der Waals surface area contributed by atoms with Crippen molar-refractivity contribution in [3.8, 4) is 0 Å². The molecule has 1 aliphatic rings.